The van der Waals surface area contributed by atoms with Gasteiger partial charge in [-0.3, -0.25) is 0 Å². The largest absolute Gasteiger partial charge is 0.428 e. The molecule has 0 aliphatic heterocycles. The third-order valence-electron chi connectivity index (χ3n) is 2.56. The van der Waals surface area contributed by atoms with E-state index in [9.17, 15) is 13.2 Å². The Morgan fingerprint density at radius 2 is 1.58 bits per heavy atom. The number of rotatable bonds is 3. The van der Waals surface area contributed by atoms with Crippen molar-refractivity contribution >= 4 is 0 Å². The molecule has 98 valence electrons. The Labute approximate surface area is 109 Å². The molecule has 0 aliphatic carbocycles. The van der Waals surface area contributed by atoms with Gasteiger partial charge in [-0.05, 0) is 30.2 Å². The summed E-state index contributed by atoms with van der Waals surface area (Å²) in [6.45, 7) is 1.98. The first kappa shape index (κ1) is 13.2. The van der Waals surface area contributed by atoms with Gasteiger partial charge >= 0.3 is 12.1 Å². The number of hydrogen-bond donors (Lipinski definition) is 0. The topological polar surface area (TPSA) is 9.23 Å². The first-order valence-corrected chi connectivity index (χ1v) is 5.62. The lowest BCUT2D eigenvalue weighted by Crippen LogP contribution is -1.90. The SMILES string of the molecule is Cc1cccc(-c2ccc(OC(F)=C(F)F)cc2)c1. The number of aryl methyl sites for hydroxylation is 1. The quantitative estimate of drug-likeness (QED) is 0.703. The van der Waals surface area contributed by atoms with Gasteiger partial charge in [0.05, 0.1) is 0 Å². The Hall–Kier alpha value is -2.23. The van der Waals surface area contributed by atoms with Crippen LogP contribution in [0.4, 0.5) is 13.2 Å². The second-order valence-corrected chi connectivity index (χ2v) is 4.03. The van der Waals surface area contributed by atoms with Crippen LogP contribution in [0.2, 0.25) is 0 Å². The van der Waals surface area contributed by atoms with Gasteiger partial charge < -0.3 is 4.74 Å². The van der Waals surface area contributed by atoms with E-state index in [2.05, 4.69) is 4.74 Å². The third-order valence-corrected chi connectivity index (χ3v) is 2.56. The zero-order valence-electron chi connectivity index (χ0n) is 10.2. The van der Waals surface area contributed by atoms with Crippen LogP contribution >= 0.6 is 0 Å². The van der Waals surface area contributed by atoms with Crippen molar-refractivity contribution in [2.75, 3.05) is 0 Å². The van der Waals surface area contributed by atoms with Gasteiger partial charge in [0, 0.05) is 0 Å². The number of hydrogen-bond acceptors (Lipinski definition) is 1. The van der Waals surface area contributed by atoms with E-state index in [1.54, 1.807) is 12.1 Å². The Morgan fingerprint density at radius 1 is 0.895 bits per heavy atom. The van der Waals surface area contributed by atoms with Crippen molar-refractivity contribution in [3.63, 3.8) is 0 Å². The second kappa shape index (κ2) is 5.61. The summed E-state index contributed by atoms with van der Waals surface area (Å²) in [5.41, 5.74) is 3.02. The van der Waals surface area contributed by atoms with Gasteiger partial charge in [0.1, 0.15) is 5.75 Å². The predicted octanol–water partition coefficient (Wildman–Crippen LogP) is 5.08. The van der Waals surface area contributed by atoms with E-state index in [0.717, 1.165) is 16.7 Å². The van der Waals surface area contributed by atoms with E-state index < -0.39 is 12.1 Å². The van der Waals surface area contributed by atoms with E-state index in [4.69, 9.17) is 0 Å². The first-order valence-electron chi connectivity index (χ1n) is 5.62. The summed E-state index contributed by atoms with van der Waals surface area (Å²) < 4.78 is 40.7. The molecule has 0 radical (unpaired) electrons. The van der Waals surface area contributed by atoms with Crippen molar-refractivity contribution in [3.05, 3.63) is 66.2 Å². The first-order chi connectivity index (χ1) is 9.06. The van der Waals surface area contributed by atoms with E-state index in [1.165, 1.54) is 12.1 Å². The fourth-order valence-corrected chi connectivity index (χ4v) is 1.68. The van der Waals surface area contributed by atoms with Crippen LogP contribution in [0.5, 0.6) is 5.75 Å². The normalized spacial score (nSPS) is 10.1. The minimum absolute atomic E-state index is 0.0294. The molecule has 2 rings (SSSR count). The van der Waals surface area contributed by atoms with Gasteiger partial charge in [-0.15, -0.1) is 0 Å². The van der Waals surface area contributed by atoms with Gasteiger partial charge in [-0.2, -0.15) is 13.2 Å². The minimum atomic E-state index is -2.47. The maximum atomic E-state index is 12.6. The Balaban J connectivity index is 2.22. The molecule has 0 aliphatic rings. The molecule has 0 amide bonds. The van der Waals surface area contributed by atoms with Crippen LogP contribution in [-0.2, 0) is 0 Å². The highest BCUT2D eigenvalue weighted by Gasteiger charge is 2.07. The van der Waals surface area contributed by atoms with Crippen LogP contribution in [0.25, 0.3) is 11.1 Å². The summed E-state index contributed by atoms with van der Waals surface area (Å²) >= 11 is 0. The van der Waals surface area contributed by atoms with Crippen molar-refractivity contribution in [1.29, 1.82) is 0 Å². The highest BCUT2D eigenvalue weighted by molar-refractivity contribution is 5.64. The van der Waals surface area contributed by atoms with E-state index in [0.29, 0.717) is 0 Å². The zero-order chi connectivity index (χ0) is 13.8. The van der Waals surface area contributed by atoms with Gasteiger partial charge in [0.25, 0.3) is 0 Å². The van der Waals surface area contributed by atoms with Gasteiger partial charge in [-0.1, -0.05) is 42.0 Å². The lowest BCUT2D eigenvalue weighted by Gasteiger charge is -2.05. The lowest BCUT2D eigenvalue weighted by atomic mass is 10.0. The van der Waals surface area contributed by atoms with Crippen LogP contribution in [-0.4, -0.2) is 0 Å². The molecular formula is C15H11F3O. The molecule has 0 bridgehead atoms. The Bertz CT molecular complexity index is 599. The number of ether oxygens (including phenoxy) is 1. The zero-order valence-corrected chi connectivity index (χ0v) is 10.2. The van der Waals surface area contributed by atoms with Crippen LogP contribution in [0.1, 0.15) is 5.56 Å². The lowest BCUT2D eigenvalue weighted by molar-refractivity contribution is 0.241. The molecule has 0 N–H and O–H groups in total. The Morgan fingerprint density at radius 3 is 2.16 bits per heavy atom. The molecule has 0 aromatic heterocycles. The van der Waals surface area contributed by atoms with Crippen LogP contribution in [0.15, 0.2) is 60.6 Å². The standard InChI is InChI=1S/C15H11F3O/c1-10-3-2-4-12(9-10)11-5-7-13(8-6-11)19-15(18)14(16)17/h2-9H,1H3. The molecular weight excluding hydrogens is 253 g/mol. The summed E-state index contributed by atoms with van der Waals surface area (Å²) in [6.07, 6.45) is -2.47. The smallest absolute Gasteiger partial charge is 0.344 e. The molecule has 0 saturated carbocycles. The van der Waals surface area contributed by atoms with Gasteiger partial charge in [0.15, 0.2) is 0 Å². The van der Waals surface area contributed by atoms with Crippen LogP contribution in [0, 0.1) is 6.92 Å². The molecule has 19 heavy (non-hydrogen) atoms. The highest BCUT2D eigenvalue weighted by atomic mass is 19.3. The van der Waals surface area contributed by atoms with Crippen LogP contribution < -0.4 is 4.74 Å². The summed E-state index contributed by atoms with van der Waals surface area (Å²) in [5, 5.41) is 0. The molecule has 1 nitrogen and oxygen atoms in total. The van der Waals surface area contributed by atoms with E-state index in [1.807, 2.05) is 31.2 Å². The molecule has 0 fully saturated rings. The van der Waals surface area contributed by atoms with E-state index >= 15 is 0 Å². The maximum Gasteiger partial charge on any atom is 0.344 e. The van der Waals surface area contributed by atoms with Crippen molar-refractivity contribution < 1.29 is 17.9 Å². The molecule has 0 unspecified atom stereocenters. The molecule has 0 atom stereocenters. The summed E-state index contributed by atoms with van der Waals surface area (Å²) in [5.74, 6) is 0.0294. The summed E-state index contributed by atoms with van der Waals surface area (Å²) in [4.78, 5) is 0. The number of benzene rings is 2. The van der Waals surface area contributed by atoms with Crippen molar-refractivity contribution in [1.82, 2.24) is 0 Å². The highest BCUT2D eigenvalue weighted by Crippen LogP contribution is 2.25. The second-order valence-electron chi connectivity index (χ2n) is 4.03. The van der Waals surface area contributed by atoms with Crippen molar-refractivity contribution in [2.45, 2.75) is 6.92 Å². The predicted molar refractivity (Wildman–Crippen MR) is 67.6 cm³/mol. The maximum absolute atomic E-state index is 12.6. The summed E-state index contributed by atoms with van der Waals surface area (Å²) in [7, 11) is 0. The van der Waals surface area contributed by atoms with Crippen molar-refractivity contribution in [3.8, 4) is 16.9 Å². The molecule has 4 heteroatoms. The fourth-order valence-electron chi connectivity index (χ4n) is 1.68. The van der Waals surface area contributed by atoms with Gasteiger partial charge in [0.2, 0.25) is 0 Å². The molecule has 0 spiro atoms. The van der Waals surface area contributed by atoms with Gasteiger partial charge in [-0.25, -0.2) is 0 Å². The number of halogens is 3. The molecule has 0 saturated heterocycles. The fraction of sp³-hybridized carbons (Fsp3) is 0.0667. The Kier molecular flexibility index (Phi) is 3.90. The monoisotopic (exact) mass is 264 g/mol. The van der Waals surface area contributed by atoms with Crippen LogP contribution in [0.3, 0.4) is 0 Å². The van der Waals surface area contributed by atoms with E-state index in [-0.39, 0.29) is 5.75 Å². The molecule has 2 aromatic rings. The van der Waals surface area contributed by atoms with Crippen molar-refractivity contribution in [2.24, 2.45) is 0 Å². The average Bonchev–Trinajstić information content (AvgIpc) is 2.39. The third kappa shape index (κ3) is 3.37. The molecule has 2 aromatic carbocycles. The minimum Gasteiger partial charge on any atom is -0.428 e. The summed E-state index contributed by atoms with van der Waals surface area (Å²) in [6, 6.07) is 12.2. The molecule has 0 heterocycles. The average molecular weight is 264 g/mol.